The highest BCUT2D eigenvalue weighted by Gasteiger charge is 2.39. The minimum absolute atomic E-state index is 0.112. The summed E-state index contributed by atoms with van der Waals surface area (Å²) in [6.45, 7) is 4.35. The number of aliphatic hydroxyl groups excluding tert-OH is 2. The van der Waals surface area contributed by atoms with Crippen LogP contribution in [0, 0.1) is 5.92 Å². The van der Waals surface area contributed by atoms with E-state index < -0.39 is 54.7 Å². The van der Waals surface area contributed by atoms with Crippen LogP contribution in [0.5, 0.6) is 0 Å². The second-order valence-electron chi connectivity index (χ2n) is 7.27. The standard InChI is InChI=1S/C17H30N4O7/c1-8(2)12(18)16(26)21-6-4-5-11(21)14(24)20-13(9(3)23)15(25)19-10(7-22)17(27)28/h8-13,22-23H,4-7,18H2,1-3H3,(H,19,25)(H,20,24)(H,27,28). The molecule has 0 aromatic rings. The fourth-order valence-electron chi connectivity index (χ4n) is 2.88. The number of carbonyl (C=O) groups is 4. The van der Waals surface area contributed by atoms with Crippen LogP contribution in [0.25, 0.3) is 0 Å². The molecule has 5 unspecified atom stereocenters. The van der Waals surface area contributed by atoms with Crippen molar-refractivity contribution in [2.45, 2.75) is 63.9 Å². The maximum atomic E-state index is 12.7. The lowest BCUT2D eigenvalue weighted by Gasteiger charge is -2.30. The van der Waals surface area contributed by atoms with Gasteiger partial charge in [-0.25, -0.2) is 4.79 Å². The Morgan fingerprint density at radius 3 is 2.25 bits per heavy atom. The number of nitrogens with one attached hydrogen (secondary N) is 2. The molecule has 11 nitrogen and oxygen atoms in total. The number of likely N-dealkylation sites (tertiary alicyclic amines) is 1. The molecule has 0 aromatic heterocycles. The first-order valence-corrected chi connectivity index (χ1v) is 9.19. The van der Waals surface area contributed by atoms with E-state index in [1.807, 2.05) is 5.32 Å². The topological polar surface area (TPSA) is 182 Å². The molecule has 1 aliphatic heterocycles. The first-order chi connectivity index (χ1) is 13.0. The van der Waals surface area contributed by atoms with Crippen LogP contribution in [0.15, 0.2) is 0 Å². The summed E-state index contributed by atoms with van der Waals surface area (Å²) in [7, 11) is 0. The second-order valence-corrected chi connectivity index (χ2v) is 7.27. The molecule has 11 heteroatoms. The molecule has 1 rings (SSSR count). The smallest absolute Gasteiger partial charge is 0.328 e. The van der Waals surface area contributed by atoms with Crippen LogP contribution in [0.4, 0.5) is 0 Å². The molecular weight excluding hydrogens is 372 g/mol. The van der Waals surface area contributed by atoms with Gasteiger partial charge in [-0.05, 0) is 25.7 Å². The van der Waals surface area contributed by atoms with Crippen LogP contribution in [-0.4, -0.2) is 87.3 Å². The molecule has 1 fully saturated rings. The number of hydrogen-bond donors (Lipinski definition) is 6. The summed E-state index contributed by atoms with van der Waals surface area (Å²) in [6, 6.07) is -4.61. The Morgan fingerprint density at radius 2 is 1.79 bits per heavy atom. The Labute approximate surface area is 163 Å². The first-order valence-electron chi connectivity index (χ1n) is 9.19. The third-order valence-corrected chi connectivity index (χ3v) is 4.70. The summed E-state index contributed by atoms with van der Waals surface area (Å²) in [6.07, 6.45) is -0.364. The van der Waals surface area contributed by atoms with E-state index in [2.05, 4.69) is 5.32 Å². The molecule has 0 spiro atoms. The molecule has 7 N–H and O–H groups in total. The highest BCUT2D eigenvalue weighted by molar-refractivity contribution is 5.94. The van der Waals surface area contributed by atoms with Gasteiger partial charge in [-0.15, -0.1) is 0 Å². The van der Waals surface area contributed by atoms with Gasteiger partial charge in [0.2, 0.25) is 17.7 Å². The van der Waals surface area contributed by atoms with Crippen molar-refractivity contribution >= 4 is 23.7 Å². The van der Waals surface area contributed by atoms with Gasteiger partial charge >= 0.3 is 5.97 Å². The zero-order chi connectivity index (χ0) is 21.6. The number of aliphatic carboxylic acids is 1. The zero-order valence-corrected chi connectivity index (χ0v) is 16.3. The van der Waals surface area contributed by atoms with Crippen molar-refractivity contribution in [3.63, 3.8) is 0 Å². The largest absolute Gasteiger partial charge is 0.480 e. The van der Waals surface area contributed by atoms with Crippen molar-refractivity contribution < 1.29 is 34.5 Å². The lowest BCUT2D eigenvalue weighted by Crippen LogP contribution is -2.60. The lowest BCUT2D eigenvalue weighted by molar-refractivity contribution is -0.145. The fourth-order valence-corrected chi connectivity index (χ4v) is 2.88. The van der Waals surface area contributed by atoms with E-state index in [1.165, 1.54) is 11.8 Å². The van der Waals surface area contributed by atoms with E-state index >= 15 is 0 Å². The molecule has 0 saturated carbocycles. The van der Waals surface area contributed by atoms with Crippen LogP contribution in [0.2, 0.25) is 0 Å². The van der Waals surface area contributed by atoms with Gasteiger partial charge in [-0.2, -0.15) is 0 Å². The molecule has 0 radical (unpaired) electrons. The number of amides is 3. The van der Waals surface area contributed by atoms with Gasteiger partial charge in [-0.3, -0.25) is 14.4 Å². The van der Waals surface area contributed by atoms with E-state index in [1.54, 1.807) is 13.8 Å². The first kappa shape index (κ1) is 23.8. The molecule has 1 heterocycles. The van der Waals surface area contributed by atoms with Crippen LogP contribution in [-0.2, 0) is 19.2 Å². The Kier molecular flexibility index (Phi) is 8.79. The van der Waals surface area contributed by atoms with E-state index in [9.17, 15) is 24.3 Å². The van der Waals surface area contributed by atoms with Crippen molar-refractivity contribution in [3.05, 3.63) is 0 Å². The SMILES string of the molecule is CC(C)C(N)C(=O)N1CCCC1C(=O)NC(C(=O)NC(CO)C(=O)O)C(C)O. The molecule has 3 amide bonds. The number of carboxylic acid groups (broad SMARTS) is 1. The number of hydrogen-bond acceptors (Lipinski definition) is 7. The maximum Gasteiger partial charge on any atom is 0.328 e. The number of carbonyl (C=O) groups excluding carboxylic acids is 3. The van der Waals surface area contributed by atoms with Gasteiger partial charge in [0.25, 0.3) is 0 Å². The fraction of sp³-hybridized carbons (Fsp3) is 0.765. The van der Waals surface area contributed by atoms with Gasteiger partial charge in [0.1, 0.15) is 18.1 Å². The minimum atomic E-state index is -1.57. The van der Waals surface area contributed by atoms with Crippen LogP contribution < -0.4 is 16.4 Å². The number of carboxylic acids is 1. The highest BCUT2D eigenvalue weighted by Crippen LogP contribution is 2.20. The Morgan fingerprint density at radius 1 is 1.18 bits per heavy atom. The number of nitrogens with zero attached hydrogens (tertiary/aromatic N) is 1. The van der Waals surface area contributed by atoms with E-state index in [0.29, 0.717) is 19.4 Å². The highest BCUT2D eigenvalue weighted by atomic mass is 16.4. The third-order valence-electron chi connectivity index (χ3n) is 4.70. The average molecular weight is 402 g/mol. The molecule has 0 aliphatic carbocycles. The molecular formula is C17H30N4O7. The Bertz CT molecular complexity index is 596. The monoisotopic (exact) mass is 402 g/mol. The summed E-state index contributed by atoms with van der Waals surface area (Å²) >= 11 is 0. The summed E-state index contributed by atoms with van der Waals surface area (Å²) in [5, 5.41) is 32.2. The predicted octanol–water partition coefficient (Wildman–Crippen LogP) is -2.61. The number of aliphatic hydroxyl groups is 2. The molecule has 1 aliphatic rings. The van der Waals surface area contributed by atoms with Gasteiger partial charge in [0, 0.05) is 6.54 Å². The maximum absolute atomic E-state index is 12.7. The molecule has 0 bridgehead atoms. The summed E-state index contributed by atoms with van der Waals surface area (Å²) < 4.78 is 0. The third kappa shape index (κ3) is 5.88. The normalized spacial score (nSPS) is 21.0. The molecule has 1 saturated heterocycles. The average Bonchev–Trinajstić information content (AvgIpc) is 3.11. The molecule has 5 atom stereocenters. The van der Waals surface area contributed by atoms with Gasteiger partial charge in [0.05, 0.1) is 18.8 Å². The van der Waals surface area contributed by atoms with Crippen LogP contribution in [0.1, 0.15) is 33.6 Å². The molecule has 160 valence electrons. The number of nitrogens with two attached hydrogens (primary N) is 1. The van der Waals surface area contributed by atoms with Crippen molar-refractivity contribution in [3.8, 4) is 0 Å². The predicted molar refractivity (Wildman–Crippen MR) is 97.8 cm³/mol. The summed E-state index contributed by atoms with van der Waals surface area (Å²) in [4.78, 5) is 49.7. The van der Waals surface area contributed by atoms with Crippen LogP contribution in [0.3, 0.4) is 0 Å². The number of rotatable bonds is 9. The molecule has 0 aromatic carbocycles. The lowest BCUT2D eigenvalue weighted by atomic mass is 10.0. The zero-order valence-electron chi connectivity index (χ0n) is 16.3. The Hall–Kier alpha value is -2.24. The quantitative estimate of drug-likeness (QED) is 0.242. The summed E-state index contributed by atoms with van der Waals surface area (Å²) in [5.41, 5.74) is 5.89. The van der Waals surface area contributed by atoms with Crippen molar-refractivity contribution in [2.24, 2.45) is 11.7 Å². The summed E-state index contributed by atoms with van der Waals surface area (Å²) in [5.74, 6) is -3.53. The van der Waals surface area contributed by atoms with E-state index in [4.69, 9.17) is 15.9 Å². The van der Waals surface area contributed by atoms with E-state index in [-0.39, 0.29) is 11.8 Å². The molecule has 28 heavy (non-hydrogen) atoms. The Balaban J connectivity index is 2.86. The van der Waals surface area contributed by atoms with E-state index in [0.717, 1.165) is 0 Å². The van der Waals surface area contributed by atoms with Gasteiger partial charge in [0.15, 0.2) is 0 Å². The van der Waals surface area contributed by atoms with Crippen molar-refractivity contribution in [1.29, 1.82) is 0 Å². The minimum Gasteiger partial charge on any atom is -0.480 e. The van der Waals surface area contributed by atoms with Crippen molar-refractivity contribution in [1.82, 2.24) is 15.5 Å². The van der Waals surface area contributed by atoms with Gasteiger partial charge < -0.3 is 36.6 Å². The van der Waals surface area contributed by atoms with Gasteiger partial charge in [-0.1, -0.05) is 13.8 Å². The second kappa shape index (κ2) is 10.3. The van der Waals surface area contributed by atoms with Crippen molar-refractivity contribution in [2.75, 3.05) is 13.2 Å². The van der Waals surface area contributed by atoms with Crippen LogP contribution >= 0.6 is 0 Å².